The molecule has 0 aromatic heterocycles. The van der Waals surface area contributed by atoms with E-state index in [9.17, 15) is 0 Å². The van der Waals surface area contributed by atoms with Crippen molar-refractivity contribution in [1.82, 2.24) is 10.2 Å². The molecule has 2 rings (SSSR count). The van der Waals surface area contributed by atoms with Gasteiger partial charge in [-0.3, -0.25) is 4.90 Å². The fraction of sp³-hybridized carbons (Fsp3) is 0.625. The second-order valence-corrected chi connectivity index (χ2v) is 6.33. The van der Waals surface area contributed by atoms with Crippen LogP contribution < -0.4 is 5.32 Å². The molecule has 0 aliphatic carbocycles. The number of nitrogens with zero attached hydrogens (tertiary/aromatic N) is 1. The Morgan fingerprint density at radius 2 is 2.05 bits per heavy atom. The summed E-state index contributed by atoms with van der Waals surface area (Å²) in [4.78, 5) is 2.59. The lowest BCUT2D eigenvalue weighted by Crippen LogP contribution is -2.48. The summed E-state index contributed by atoms with van der Waals surface area (Å²) in [6, 6.07) is 8.72. The molecule has 0 amide bonds. The van der Waals surface area contributed by atoms with E-state index in [1.807, 2.05) is 12.1 Å². The van der Waals surface area contributed by atoms with Crippen molar-refractivity contribution in [2.45, 2.75) is 45.2 Å². The van der Waals surface area contributed by atoms with Crippen molar-refractivity contribution in [3.05, 3.63) is 34.9 Å². The fourth-order valence-electron chi connectivity index (χ4n) is 2.78. The van der Waals surface area contributed by atoms with Crippen LogP contribution in [0.2, 0.25) is 5.02 Å². The summed E-state index contributed by atoms with van der Waals surface area (Å²) in [5.41, 5.74) is 1.58. The predicted octanol–water partition coefficient (Wildman–Crippen LogP) is 3.87. The first-order valence-electron chi connectivity index (χ1n) is 7.28. The van der Waals surface area contributed by atoms with Gasteiger partial charge in [0, 0.05) is 29.7 Å². The van der Waals surface area contributed by atoms with Gasteiger partial charge in [0.25, 0.3) is 0 Å². The minimum Gasteiger partial charge on any atom is -0.310 e. The van der Waals surface area contributed by atoms with Crippen LogP contribution in [-0.4, -0.2) is 30.1 Å². The third-order valence-electron chi connectivity index (χ3n) is 4.41. The summed E-state index contributed by atoms with van der Waals surface area (Å²) < 4.78 is 0. The van der Waals surface area contributed by atoms with E-state index in [1.54, 1.807) is 0 Å². The molecule has 1 aromatic carbocycles. The smallest absolute Gasteiger partial charge is 0.0406 e. The Kier molecular flexibility index (Phi) is 4.88. The Hall–Kier alpha value is -0.570. The van der Waals surface area contributed by atoms with E-state index in [0.717, 1.165) is 31.1 Å². The molecule has 0 saturated carbocycles. The first kappa shape index (κ1) is 14.8. The third kappa shape index (κ3) is 3.71. The average molecular weight is 281 g/mol. The maximum Gasteiger partial charge on any atom is 0.0406 e. The van der Waals surface area contributed by atoms with Gasteiger partial charge in [0.2, 0.25) is 0 Å². The van der Waals surface area contributed by atoms with Crippen molar-refractivity contribution in [3.8, 4) is 0 Å². The molecule has 1 N–H and O–H groups in total. The minimum atomic E-state index is 0.233. The van der Waals surface area contributed by atoms with Crippen LogP contribution in [0.5, 0.6) is 0 Å². The van der Waals surface area contributed by atoms with Gasteiger partial charge in [-0.1, -0.05) is 30.7 Å². The highest BCUT2D eigenvalue weighted by Crippen LogP contribution is 2.26. The Bertz CT molecular complexity index is 404. The standard InChI is InChI=1S/C16H25ClN2/c1-4-16(3)12-19(11-5-10-18-16)13(2)14-6-8-15(17)9-7-14/h6-9,13,18H,4-5,10-12H2,1-3H3. The van der Waals surface area contributed by atoms with Gasteiger partial charge < -0.3 is 5.32 Å². The van der Waals surface area contributed by atoms with Crippen LogP contribution in [0.1, 0.15) is 45.2 Å². The molecule has 1 aliphatic heterocycles. The van der Waals surface area contributed by atoms with Gasteiger partial charge in [0.15, 0.2) is 0 Å². The zero-order valence-electron chi connectivity index (χ0n) is 12.2. The molecule has 0 radical (unpaired) electrons. The van der Waals surface area contributed by atoms with Crippen molar-refractivity contribution >= 4 is 11.6 Å². The molecule has 1 fully saturated rings. The van der Waals surface area contributed by atoms with Gasteiger partial charge in [0.05, 0.1) is 0 Å². The van der Waals surface area contributed by atoms with Crippen LogP contribution in [0.15, 0.2) is 24.3 Å². The molecule has 106 valence electrons. The van der Waals surface area contributed by atoms with Gasteiger partial charge in [-0.25, -0.2) is 0 Å². The summed E-state index contributed by atoms with van der Waals surface area (Å²) in [6.07, 6.45) is 2.38. The molecule has 2 nitrogen and oxygen atoms in total. The van der Waals surface area contributed by atoms with Gasteiger partial charge in [-0.2, -0.15) is 0 Å². The topological polar surface area (TPSA) is 15.3 Å². The van der Waals surface area contributed by atoms with Crippen LogP contribution in [0, 0.1) is 0 Å². The van der Waals surface area contributed by atoms with Gasteiger partial charge in [-0.15, -0.1) is 0 Å². The SMILES string of the molecule is CCC1(C)CN(C(C)c2ccc(Cl)cc2)CCCN1. The van der Waals surface area contributed by atoms with Crippen LogP contribution in [0.25, 0.3) is 0 Å². The van der Waals surface area contributed by atoms with E-state index in [4.69, 9.17) is 11.6 Å². The molecule has 1 aromatic rings. The van der Waals surface area contributed by atoms with Crippen LogP contribution in [0.4, 0.5) is 0 Å². The van der Waals surface area contributed by atoms with Gasteiger partial charge in [-0.05, 0) is 50.9 Å². The lowest BCUT2D eigenvalue weighted by molar-refractivity contribution is 0.169. The van der Waals surface area contributed by atoms with E-state index in [-0.39, 0.29) is 5.54 Å². The molecular formula is C16H25ClN2. The van der Waals surface area contributed by atoms with E-state index in [2.05, 4.69) is 43.1 Å². The van der Waals surface area contributed by atoms with Crippen molar-refractivity contribution in [2.75, 3.05) is 19.6 Å². The van der Waals surface area contributed by atoms with Crippen molar-refractivity contribution in [2.24, 2.45) is 0 Å². The van der Waals surface area contributed by atoms with Crippen LogP contribution >= 0.6 is 11.6 Å². The van der Waals surface area contributed by atoms with E-state index < -0.39 is 0 Å². The highest BCUT2D eigenvalue weighted by molar-refractivity contribution is 6.30. The number of halogens is 1. The lowest BCUT2D eigenvalue weighted by atomic mass is 9.97. The molecular weight excluding hydrogens is 256 g/mol. The Balaban J connectivity index is 2.12. The summed E-state index contributed by atoms with van der Waals surface area (Å²) in [5, 5.41) is 4.50. The second kappa shape index (κ2) is 6.25. The number of benzene rings is 1. The number of rotatable bonds is 3. The van der Waals surface area contributed by atoms with Crippen LogP contribution in [-0.2, 0) is 0 Å². The maximum absolute atomic E-state index is 5.97. The minimum absolute atomic E-state index is 0.233. The first-order chi connectivity index (χ1) is 9.04. The van der Waals surface area contributed by atoms with Crippen molar-refractivity contribution in [1.29, 1.82) is 0 Å². The predicted molar refractivity (Wildman–Crippen MR) is 82.8 cm³/mol. The molecule has 2 unspecified atom stereocenters. The Morgan fingerprint density at radius 3 is 2.68 bits per heavy atom. The summed E-state index contributed by atoms with van der Waals surface area (Å²) in [7, 11) is 0. The molecule has 19 heavy (non-hydrogen) atoms. The number of nitrogens with one attached hydrogen (secondary N) is 1. The summed E-state index contributed by atoms with van der Waals surface area (Å²) >= 11 is 5.97. The van der Waals surface area contributed by atoms with Crippen LogP contribution in [0.3, 0.4) is 0 Å². The molecule has 0 bridgehead atoms. The Labute approximate surface area is 122 Å². The monoisotopic (exact) mass is 280 g/mol. The summed E-state index contributed by atoms with van der Waals surface area (Å²) in [6.45, 7) is 10.3. The number of hydrogen-bond donors (Lipinski definition) is 1. The zero-order chi connectivity index (χ0) is 13.9. The largest absolute Gasteiger partial charge is 0.310 e. The average Bonchev–Trinajstić information content (AvgIpc) is 2.62. The van der Waals surface area contributed by atoms with Crippen molar-refractivity contribution in [3.63, 3.8) is 0 Å². The highest BCUT2D eigenvalue weighted by atomic mass is 35.5. The van der Waals surface area contributed by atoms with E-state index >= 15 is 0 Å². The molecule has 1 saturated heterocycles. The fourth-order valence-corrected chi connectivity index (χ4v) is 2.90. The molecule has 0 spiro atoms. The van der Waals surface area contributed by atoms with E-state index in [1.165, 1.54) is 12.0 Å². The molecule has 1 aliphatic rings. The molecule has 1 heterocycles. The first-order valence-corrected chi connectivity index (χ1v) is 7.66. The maximum atomic E-state index is 5.97. The number of hydrogen-bond acceptors (Lipinski definition) is 2. The van der Waals surface area contributed by atoms with E-state index in [0.29, 0.717) is 6.04 Å². The molecule has 3 heteroatoms. The second-order valence-electron chi connectivity index (χ2n) is 5.89. The highest BCUT2D eigenvalue weighted by Gasteiger charge is 2.29. The third-order valence-corrected chi connectivity index (χ3v) is 4.66. The quantitative estimate of drug-likeness (QED) is 0.904. The van der Waals surface area contributed by atoms with Gasteiger partial charge in [0.1, 0.15) is 0 Å². The Morgan fingerprint density at radius 1 is 1.37 bits per heavy atom. The van der Waals surface area contributed by atoms with Crippen molar-refractivity contribution < 1.29 is 0 Å². The summed E-state index contributed by atoms with van der Waals surface area (Å²) in [5.74, 6) is 0. The normalized spacial score (nSPS) is 26.9. The zero-order valence-corrected chi connectivity index (χ0v) is 13.0. The van der Waals surface area contributed by atoms with Gasteiger partial charge >= 0.3 is 0 Å². The lowest BCUT2D eigenvalue weighted by Gasteiger charge is -2.36. The molecule has 2 atom stereocenters.